The quantitative estimate of drug-likeness (QED) is 0.918. The Hall–Kier alpha value is -0.480. The smallest absolute Gasteiger partial charge is 0.0644 e. The molecule has 1 aliphatic rings. The first-order valence-corrected chi connectivity index (χ1v) is 8.62. The molecule has 108 valence electrons. The van der Waals surface area contributed by atoms with Crippen molar-refractivity contribution in [3.8, 4) is 0 Å². The first kappa shape index (κ1) is 14.9. The van der Waals surface area contributed by atoms with Crippen LogP contribution in [0.4, 0.5) is 0 Å². The van der Waals surface area contributed by atoms with Crippen molar-refractivity contribution in [1.29, 1.82) is 0 Å². The van der Waals surface area contributed by atoms with Gasteiger partial charge in [0.15, 0.2) is 0 Å². The lowest BCUT2D eigenvalue weighted by Gasteiger charge is -2.33. The third-order valence-corrected chi connectivity index (χ3v) is 5.64. The van der Waals surface area contributed by atoms with Crippen LogP contribution in [-0.4, -0.2) is 27.3 Å². The highest BCUT2D eigenvalue weighted by Crippen LogP contribution is 2.30. The van der Waals surface area contributed by atoms with Crippen molar-refractivity contribution >= 4 is 11.8 Å². The highest BCUT2D eigenvalue weighted by atomic mass is 32.2. The van der Waals surface area contributed by atoms with Gasteiger partial charge in [0, 0.05) is 35.6 Å². The van der Waals surface area contributed by atoms with E-state index in [1.807, 2.05) is 23.5 Å². The summed E-state index contributed by atoms with van der Waals surface area (Å²) in [7, 11) is 2.03. The highest BCUT2D eigenvalue weighted by molar-refractivity contribution is 7.99. The minimum atomic E-state index is 0.395. The van der Waals surface area contributed by atoms with Gasteiger partial charge in [-0.25, -0.2) is 0 Å². The van der Waals surface area contributed by atoms with Crippen LogP contribution in [-0.2, 0) is 7.05 Å². The molecule has 1 saturated carbocycles. The van der Waals surface area contributed by atoms with Crippen LogP contribution < -0.4 is 5.32 Å². The molecular formula is C15H27N3S. The largest absolute Gasteiger partial charge is 0.306 e. The second-order valence-corrected chi connectivity index (χ2v) is 6.84. The van der Waals surface area contributed by atoms with E-state index in [0.29, 0.717) is 12.1 Å². The molecule has 4 heteroatoms. The summed E-state index contributed by atoms with van der Waals surface area (Å²) in [4.78, 5) is 0. The maximum Gasteiger partial charge on any atom is 0.0644 e. The molecule has 1 aliphatic carbocycles. The molecule has 1 fully saturated rings. The fourth-order valence-electron chi connectivity index (χ4n) is 3.39. The van der Waals surface area contributed by atoms with Gasteiger partial charge in [-0.1, -0.05) is 12.8 Å². The van der Waals surface area contributed by atoms with Crippen molar-refractivity contribution in [2.75, 3.05) is 6.26 Å². The van der Waals surface area contributed by atoms with Gasteiger partial charge in [0.2, 0.25) is 0 Å². The summed E-state index contributed by atoms with van der Waals surface area (Å²) in [5.74, 6) is 0. The summed E-state index contributed by atoms with van der Waals surface area (Å²) in [6.07, 6.45) is 7.68. The van der Waals surface area contributed by atoms with Gasteiger partial charge in [-0.2, -0.15) is 16.9 Å². The molecule has 0 radical (unpaired) electrons. The summed E-state index contributed by atoms with van der Waals surface area (Å²) >= 11 is 2.02. The normalized spacial score (nSPS) is 25.5. The first-order chi connectivity index (χ1) is 9.04. The minimum absolute atomic E-state index is 0.395. The van der Waals surface area contributed by atoms with Crippen LogP contribution in [0, 0.1) is 13.8 Å². The van der Waals surface area contributed by atoms with Gasteiger partial charge in [0.25, 0.3) is 0 Å². The molecule has 19 heavy (non-hydrogen) atoms. The third kappa shape index (κ3) is 3.16. The zero-order chi connectivity index (χ0) is 14.0. The van der Waals surface area contributed by atoms with Gasteiger partial charge in [0.05, 0.1) is 5.69 Å². The van der Waals surface area contributed by atoms with Gasteiger partial charge in [-0.05, 0) is 39.9 Å². The maximum atomic E-state index is 4.54. The molecule has 3 nitrogen and oxygen atoms in total. The van der Waals surface area contributed by atoms with Crippen LogP contribution in [0.2, 0.25) is 0 Å². The Morgan fingerprint density at radius 3 is 2.58 bits per heavy atom. The average Bonchev–Trinajstić information content (AvgIpc) is 2.64. The molecule has 1 N–H and O–H groups in total. The summed E-state index contributed by atoms with van der Waals surface area (Å²) in [5, 5.41) is 9.16. The number of nitrogens with zero attached hydrogens (tertiary/aromatic N) is 2. The average molecular weight is 281 g/mol. The molecule has 0 saturated heterocycles. The summed E-state index contributed by atoms with van der Waals surface area (Å²) in [5.41, 5.74) is 3.83. The van der Waals surface area contributed by atoms with Crippen LogP contribution in [0.5, 0.6) is 0 Å². The van der Waals surface area contributed by atoms with E-state index in [4.69, 9.17) is 0 Å². The Labute approximate surface area is 121 Å². The van der Waals surface area contributed by atoms with Gasteiger partial charge < -0.3 is 5.32 Å². The van der Waals surface area contributed by atoms with Crippen LogP contribution in [0.1, 0.15) is 55.6 Å². The predicted octanol–water partition coefficient (Wildman–Crippen LogP) is 3.36. The summed E-state index contributed by atoms with van der Waals surface area (Å²) < 4.78 is 2.00. The monoisotopic (exact) mass is 281 g/mol. The maximum absolute atomic E-state index is 4.54. The van der Waals surface area contributed by atoms with Crippen molar-refractivity contribution in [2.24, 2.45) is 7.05 Å². The molecule has 3 atom stereocenters. The van der Waals surface area contributed by atoms with Crippen molar-refractivity contribution in [3.05, 3.63) is 17.0 Å². The first-order valence-electron chi connectivity index (χ1n) is 7.33. The molecule has 1 aromatic rings. The highest BCUT2D eigenvalue weighted by Gasteiger charge is 2.27. The van der Waals surface area contributed by atoms with E-state index in [1.165, 1.54) is 36.9 Å². The molecule has 0 amide bonds. The van der Waals surface area contributed by atoms with Crippen LogP contribution in [0.3, 0.4) is 0 Å². The Balaban J connectivity index is 2.09. The summed E-state index contributed by atoms with van der Waals surface area (Å²) in [6.45, 7) is 6.57. The number of aromatic nitrogens is 2. The molecular weight excluding hydrogens is 254 g/mol. The SMILES string of the molecule is CSC1CCCCC1NC(C)c1c(C)nn(C)c1C. The fraction of sp³-hybridized carbons (Fsp3) is 0.800. The van der Waals surface area contributed by atoms with E-state index in [1.54, 1.807) is 0 Å². The van der Waals surface area contributed by atoms with E-state index >= 15 is 0 Å². The predicted molar refractivity (Wildman–Crippen MR) is 83.8 cm³/mol. The van der Waals surface area contributed by atoms with E-state index in [0.717, 1.165) is 10.9 Å². The fourth-order valence-corrected chi connectivity index (χ4v) is 4.34. The minimum Gasteiger partial charge on any atom is -0.306 e. The van der Waals surface area contributed by atoms with Crippen molar-refractivity contribution in [2.45, 2.75) is 63.8 Å². The standard InChI is InChI=1S/C15H27N3S/c1-10(15-11(2)17-18(4)12(15)3)16-13-8-6-7-9-14(13)19-5/h10,13-14,16H,6-9H2,1-5H3. The van der Waals surface area contributed by atoms with Crippen LogP contribution >= 0.6 is 11.8 Å². The lowest BCUT2D eigenvalue weighted by atomic mass is 9.93. The Bertz CT molecular complexity index is 427. The van der Waals surface area contributed by atoms with Gasteiger partial charge >= 0.3 is 0 Å². The van der Waals surface area contributed by atoms with E-state index in [9.17, 15) is 0 Å². The molecule has 0 aliphatic heterocycles. The van der Waals surface area contributed by atoms with E-state index in [2.05, 4.69) is 37.4 Å². The van der Waals surface area contributed by atoms with Gasteiger partial charge in [-0.3, -0.25) is 4.68 Å². The molecule has 0 aromatic carbocycles. The zero-order valence-corrected chi connectivity index (χ0v) is 13.7. The number of hydrogen-bond donors (Lipinski definition) is 1. The van der Waals surface area contributed by atoms with Crippen molar-refractivity contribution < 1.29 is 0 Å². The van der Waals surface area contributed by atoms with E-state index in [-0.39, 0.29) is 0 Å². The lowest BCUT2D eigenvalue weighted by molar-refractivity contribution is 0.355. The molecule has 0 spiro atoms. The number of rotatable bonds is 4. The van der Waals surface area contributed by atoms with Gasteiger partial charge in [0.1, 0.15) is 0 Å². The van der Waals surface area contributed by atoms with E-state index < -0.39 is 0 Å². The second kappa shape index (κ2) is 6.31. The van der Waals surface area contributed by atoms with Crippen molar-refractivity contribution in [1.82, 2.24) is 15.1 Å². The lowest BCUT2D eigenvalue weighted by Crippen LogP contribution is -2.41. The zero-order valence-electron chi connectivity index (χ0n) is 12.9. The molecule has 3 unspecified atom stereocenters. The Kier molecular flexibility index (Phi) is 4.96. The number of hydrogen-bond acceptors (Lipinski definition) is 3. The molecule has 1 aromatic heterocycles. The number of nitrogens with one attached hydrogen (secondary N) is 1. The molecule has 0 bridgehead atoms. The van der Waals surface area contributed by atoms with Crippen LogP contribution in [0.25, 0.3) is 0 Å². The topological polar surface area (TPSA) is 29.9 Å². The number of aryl methyl sites for hydroxylation is 2. The molecule has 1 heterocycles. The number of thioether (sulfide) groups is 1. The molecule has 2 rings (SSSR count). The third-order valence-electron chi connectivity index (χ3n) is 4.47. The summed E-state index contributed by atoms with van der Waals surface area (Å²) in [6, 6.07) is 1.05. The Morgan fingerprint density at radius 1 is 1.32 bits per heavy atom. The van der Waals surface area contributed by atoms with Gasteiger partial charge in [-0.15, -0.1) is 0 Å². The second-order valence-electron chi connectivity index (χ2n) is 5.76. The Morgan fingerprint density at radius 2 is 2.00 bits per heavy atom. The van der Waals surface area contributed by atoms with Crippen molar-refractivity contribution in [3.63, 3.8) is 0 Å². The van der Waals surface area contributed by atoms with Crippen LogP contribution in [0.15, 0.2) is 0 Å².